The number of benzene rings is 1. The van der Waals surface area contributed by atoms with Crippen molar-refractivity contribution in [3.05, 3.63) is 74.8 Å². The predicted octanol–water partition coefficient (Wildman–Crippen LogP) is 2.16. The molecular weight excluding hydrogens is 342 g/mol. The number of nitrogens with two attached hydrogens (primary N) is 1. The molecule has 1 atom stereocenters. The van der Waals surface area contributed by atoms with Crippen molar-refractivity contribution in [2.24, 2.45) is 12.8 Å². The van der Waals surface area contributed by atoms with E-state index in [0.29, 0.717) is 28.2 Å². The number of aromatic nitrogens is 3. The van der Waals surface area contributed by atoms with Crippen molar-refractivity contribution in [3.8, 4) is 11.8 Å². The molecule has 0 amide bonds. The van der Waals surface area contributed by atoms with E-state index in [1.807, 2.05) is 31.2 Å². The Morgan fingerprint density at radius 1 is 1.22 bits per heavy atom. The first-order valence-corrected chi connectivity index (χ1v) is 8.43. The molecule has 1 aliphatic heterocycles. The minimum Gasteiger partial charge on any atom is -0.440 e. The summed E-state index contributed by atoms with van der Waals surface area (Å²) in [5.74, 6) is -0.390. The summed E-state index contributed by atoms with van der Waals surface area (Å²) in [6.07, 6.45) is 0. The van der Waals surface area contributed by atoms with Crippen LogP contribution in [0.25, 0.3) is 11.0 Å². The van der Waals surface area contributed by atoms with Crippen LogP contribution in [0.2, 0.25) is 0 Å². The van der Waals surface area contributed by atoms with Crippen molar-refractivity contribution in [1.82, 2.24) is 14.5 Å². The number of pyridine rings is 1. The number of fused-ring (bicyclic) bond motifs is 2. The fourth-order valence-corrected chi connectivity index (χ4v) is 3.39. The second kappa shape index (κ2) is 5.95. The lowest BCUT2D eigenvalue weighted by Gasteiger charge is -2.26. The number of allylic oxidation sites excluding steroid dienone is 1. The molecule has 0 aliphatic carbocycles. The Morgan fingerprint density at radius 2 is 1.89 bits per heavy atom. The van der Waals surface area contributed by atoms with Gasteiger partial charge in [-0.1, -0.05) is 12.1 Å². The maximum atomic E-state index is 13.0. The van der Waals surface area contributed by atoms with Gasteiger partial charge in [-0.2, -0.15) is 5.26 Å². The average molecular weight is 359 g/mol. The quantitative estimate of drug-likeness (QED) is 0.713. The van der Waals surface area contributed by atoms with Gasteiger partial charge >= 0.3 is 0 Å². The first-order chi connectivity index (χ1) is 12.9. The molecule has 27 heavy (non-hydrogen) atoms. The maximum absolute atomic E-state index is 13.0. The molecule has 0 saturated heterocycles. The van der Waals surface area contributed by atoms with Gasteiger partial charge in [0.15, 0.2) is 0 Å². The molecule has 134 valence electrons. The molecule has 3 heterocycles. The summed E-state index contributed by atoms with van der Waals surface area (Å²) in [6.45, 7) is 3.62. The molecule has 7 nitrogen and oxygen atoms in total. The molecule has 3 aromatic rings. The Kier molecular flexibility index (Phi) is 3.70. The molecule has 7 heteroatoms. The highest BCUT2D eigenvalue weighted by molar-refractivity contribution is 5.74. The van der Waals surface area contributed by atoms with E-state index in [2.05, 4.69) is 11.1 Å². The summed E-state index contributed by atoms with van der Waals surface area (Å²) in [6, 6.07) is 11.3. The van der Waals surface area contributed by atoms with E-state index >= 15 is 0 Å². The van der Waals surface area contributed by atoms with E-state index in [1.54, 1.807) is 20.0 Å². The van der Waals surface area contributed by atoms with Gasteiger partial charge in [-0.3, -0.25) is 4.79 Å². The van der Waals surface area contributed by atoms with E-state index in [0.717, 1.165) is 11.2 Å². The molecule has 0 spiro atoms. The van der Waals surface area contributed by atoms with Crippen molar-refractivity contribution in [3.63, 3.8) is 0 Å². The van der Waals surface area contributed by atoms with Gasteiger partial charge in [-0.25, -0.2) is 9.97 Å². The minimum atomic E-state index is -0.727. The molecule has 2 aromatic heterocycles. The number of hydrogen-bond donors (Lipinski definition) is 1. The SMILES string of the molecule is Cc1nc2ccccc2nc1[C@@H]1C(C#N)=C(N)Oc2cc(C)n(C)c(=O)c21. The highest BCUT2D eigenvalue weighted by Gasteiger charge is 2.36. The minimum absolute atomic E-state index is 0.0167. The molecule has 4 rings (SSSR count). The summed E-state index contributed by atoms with van der Waals surface area (Å²) in [4.78, 5) is 22.3. The van der Waals surface area contributed by atoms with Crippen LogP contribution in [0, 0.1) is 25.2 Å². The van der Waals surface area contributed by atoms with Crippen LogP contribution >= 0.6 is 0 Å². The first kappa shape index (κ1) is 16.8. The van der Waals surface area contributed by atoms with Crippen LogP contribution in [-0.2, 0) is 7.05 Å². The van der Waals surface area contributed by atoms with Crippen LogP contribution in [0.5, 0.6) is 5.75 Å². The highest BCUT2D eigenvalue weighted by Crippen LogP contribution is 2.40. The van der Waals surface area contributed by atoms with E-state index in [1.165, 1.54) is 4.57 Å². The van der Waals surface area contributed by atoms with Crippen LogP contribution in [0.1, 0.15) is 28.6 Å². The van der Waals surface area contributed by atoms with Crippen molar-refractivity contribution in [1.29, 1.82) is 5.26 Å². The lowest BCUT2D eigenvalue weighted by Crippen LogP contribution is -2.32. The Hall–Kier alpha value is -3.66. The number of hydrogen-bond acceptors (Lipinski definition) is 6. The molecule has 0 bridgehead atoms. The van der Waals surface area contributed by atoms with E-state index in [4.69, 9.17) is 15.5 Å². The molecule has 1 aliphatic rings. The highest BCUT2D eigenvalue weighted by atomic mass is 16.5. The molecule has 1 aromatic carbocycles. The van der Waals surface area contributed by atoms with Gasteiger partial charge in [-0.15, -0.1) is 0 Å². The van der Waals surface area contributed by atoms with Gasteiger partial charge in [-0.05, 0) is 26.0 Å². The molecule has 2 N–H and O–H groups in total. The summed E-state index contributed by atoms with van der Waals surface area (Å²) in [5.41, 5.74) is 9.60. The number of rotatable bonds is 1. The third-order valence-electron chi connectivity index (χ3n) is 4.91. The second-order valence-electron chi connectivity index (χ2n) is 6.54. The summed E-state index contributed by atoms with van der Waals surface area (Å²) in [5, 5.41) is 9.71. The van der Waals surface area contributed by atoms with Gasteiger partial charge in [0, 0.05) is 18.8 Å². The Bertz CT molecular complexity index is 1230. The van der Waals surface area contributed by atoms with E-state index < -0.39 is 5.92 Å². The van der Waals surface area contributed by atoms with Crippen molar-refractivity contribution < 1.29 is 4.74 Å². The summed E-state index contributed by atoms with van der Waals surface area (Å²) >= 11 is 0. The van der Waals surface area contributed by atoms with Crippen LogP contribution in [-0.4, -0.2) is 14.5 Å². The third kappa shape index (κ3) is 2.46. The fourth-order valence-electron chi connectivity index (χ4n) is 3.39. The molecular formula is C20H17N5O2. The van der Waals surface area contributed by atoms with Gasteiger partial charge < -0.3 is 15.0 Å². The zero-order chi connectivity index (χ0) is 19.3. The topological polar surface area (TPSA) is 107 Å². The monoisotopic (exact) mass is 359 g/mol. The summed E-state index contributed by atoms with van der Waals surface area (Å²) in [7, 11) is 1.68. The van der Waals surface area contributed by atoms with Crippen LogP contribution < -0.4 is 16.0 Å². The van der Waals surface area contributed by atoms with Crippen LogP contribution in [0.4, 0.5) is 0 Å². The number of aryl methyl sites for hydroxylation is 2. The maximum Gasteiger partial charge on any atom is 0.258 e. The van der Waals surface area contributed by atoms with Crippen molar-refractivity contribution in [2.75, 3.05) is 0 Å². The van der Waals surface area contributed by atoms with Gasteiger partial charge in [0.05, 0.1) is 33.9 Å². The fraction of sp³-hybridized carbons (Fsp3) is 0.200. The Labute approximate surface area is 155 Å². The van der Waals surface area contributed by atoms with Crippen LogP contribution in [0.3, 0.4) is 0 Å². The van der Waals surface area contributed by atoms with Crippen molar-refractivity contribution >= 4 is 11.0 Å². The lowest BCUT2D eigenvalue weighted by atomic mass is 9.86. The summed E-state index contributed by atoms with van der Waals surface area (Å²) < 4.78 is 7.13. The van der Waals surface area contributed by atoms with E-state index in [9.17, 15) is 10.1 Å². The number of nitrogens with zero attached hydrogens (tertiary/aromatic N) is 4. The van der Waals surface area contributed by atoms with E-state index in [-0.39, 0.29) is 17.0 Å². The van der Waals surface area contributed by atoms with Crippen LogP contribution in [0.15, 0.2) is 46.6 Å². The third-order valence-corrected chi connectivity index (χ3v) is 4.91. The molecule has 0 fully saturated rings. The normalized spacial score (nSPS) is 16.0. The lowest BCUT2D eigenvalue weighted by molar-refractivity contribution is 0.388. The van der Waals surface area contributed by atoms with Gasteiger partial charge in [0.25, 0.3) is 5.56 Å². The molecule has 0 saturated carbocycles. The second-order valence-corrected chi connectivity index (χ2v) is 6.54. The zero-order valence-corrected chi connectivity index (χ0v) is 15.1. The number of ether oxygens (including phenoxy) is 1. The van der Waals surface area contributed by atoms with Crippen molar-refractivity contribution in [2.45, 2.75) is 19.8 Å². The largest absolute Gasteiger partial charge is 0.440 e. The zero-order valence-electron chi connectivity index (χ0n) is 15.1. The standard InChI is InChI=1S/C20H17N5O2/c1-10-8-15-17(20(26)25(10)3)16(12(9-21)19(22)27-15)18-11(2)23-13-6-4-5-7-14(13)24-18/h4-8,16H,22H2,1-3H3/t16-/m1/s1. The Morgan fingerprint density at radius 3 is 2.56 bits per heavy atom. The average Bonchev–Trinajstić information content (AvgIpc) is 2.65. The van der Waals surface area contributed by atoms with Gasteiger partial charge in [0.2, 0.25) is 5.88 Å². The molecule has 0 unspecified atom stereocenters. The van der Waals surface area contributed by atoms with Gasteiger partial charge in [0.1, 0.15) is 17.4 Å². The number of para-hydroxylation sites is 2. The Balaban J connectivity index is 2.08. The molecule has 0 radical (unpaired) electrons. The number of nitriles is 1. The smallest absolute Gasteiger partial charge is 0.258 e. The first-order valence-electron chi connectivity index (χ1n) is 8.43. The predicted molar refractivity (Wildman–Crippen MR) is 100.0 cm³/mol.